The van der Waals surface area contributed by atoms with Crippen molar-refractivity contribution in [3.05, 3.63) is 44.8 Å². The topological polar surface area (TPSA) is 91.8 Å². The highest BCUT2D eigenvalue weighted by Crippen LogP contribution is 2.46. The molecular formula is C26H44N2O6PS2Si+. The Bertz CT molecular complexity index is 1160. The fraction of sp³-hybridized carbons (Fsp3) is 0.769. The number of aryl methyl sites for hydroxylation is 1. The predicted molar refractivity (Wildman–Crippen MR) is 161 cm³/mol. The van der Waals surface area contributed by atoms with Crippen LogP contribution in [0, 0.1) is 12.8 Å². The van der Waals surface area contributed by atoms with Crippen LogP contribution in [0.1, 0.15) is 72.1 Å². The van der Waals surface area contributed by atoms with Crippen LogP contribution in [0.2, 0.25) is 18.1 Å². The maximum absolute atomic E-state index is 12.6. The lowest BCUT2D eigenvalue weighted by atomic mass is 9.77. The third-order valence-electron chi connectivity index (χ3n) is 8.37. The lowest BCUT2D eigenvalue weighted by Crippen LogP contribution is -2.44. The van der Waals surface area contributed by atoms with E-state index < -0.39 is 45.2 Å². The summed E-state index contributed by atoms with van der Waals surface area (Å²) in [5.41, 5.74) is 0.644. The minimum absolute atomic E-state index is 0.0277. The summed E-state index contributed by atoms with van der Waals surface area (Å²) in [6.07, 6.45) is 3.00. The fourth-order valence-electron chi connectivity index (χ4n) is 4.54. The van der Waals surface area contributed by atoms with Crippen molar-refractivity contribution in [3.8, 4) is 0 Å². The molecule has 214 valence electrons. The van der Waals surface area contributed by atoms with Crippen molar-refractivity contribution >= 4 is 39.9 Å². The molecule has 0 bridgehead atoms. The van der Waals surface area contributed by atoms with Crippen LogP contribution in [-0.2, 0) is 30.0 Å². The number of H-pyrrole nitrogens is 1. The van der Waals surface area contributed by atoms with E-state index >= 15 is 0 Å². The van der Waals surface area contributed by atoms with Gasteiger partial charge in [0.25, 0.3) is 5.56 Å². The first-order valence-electron chi connectivity index (χ1n) is 13.2. The molecule has 1 saturated carbocycles. The third kappa shape index (κ3) is 7.54. The van der Waals surface area contributed by atoms with Crippen molar-refractivity contribution < 1.29 is 18.2 Å². The smallest absolute Gasteiger partial charge is 0.414 e. The van der Waals surface area contributed by atoms with Gasteiger partial charge in [-0.3, -0.25) is 14.3 Å². The zero-order valence-corrected chi connectivity index (χ0v) is 27.5. The van der Waals surface area contributed by atoms with E-state index in [1.165, 1.54) is 10.8 Å². The zero-order chi connectivity index (χ0) is 28.6. The highest BCUT2D eigenvalue weighted by Gasteiger charge is 2.47. The minimum atomic E-state index is -2.07. The van der Waals surface area contributed by atoms with Crippen molar-refractivity contribution in [2.24, 2.45) is 5.92 Å². The fourth-order valence-corrected chi connectivity index (χ4v) is 7.59. The highest BCUT2D eigenvalue weighted by atomic mass is 32.4. The minimum Gasteiger partial charge on any atom is -0.414 e. The van der Waals surface area contributed by atoms with Crippen molar-refractivity contribution in [2.45, 2.75) is 115 Å². The summed E-state index contributed by atoms with van der Waals surface area (Å²) >= 11 is 10.6. The number of aromatic amines is 1. The van der Waals surface area contributed by atoms with Gasteiger partial charge in [-0.25, -0.2) is 4.79 Å². The standard InChI is InChI=1S/C26H43N2O6PS2Si/c1-16(2)18-10-11-26(7,36)21(12-18)34-35(37)33-19-13-22(28-14-17(3)23(29)27-24(28)30)32-20(19)15-31-38(8,9)25(4,5)6/h14,18-22H,1,10-13,15H2,2-9H3,(H-,27,29,30,36)/p+1/t18-,19-,20+,21+,22+,26+/m0/s1. The lowest BCUT2D eigenvalue weighted by Gasteiger charge is -2.38. The maximum Gasteiger partial charge on any atom is 0.522 e. The van der Waals surface area contributed by atoms with Crippen molar-refractivity contribution in [1.29, 1.82) is 0 Å². The Morgan fingerprint density at radius 3 is 2.61 bits per heavy atom. The molecule has 2 aliphatic rings. The third-order valence-corrected chi connectivity index (χ3v) is 14.8. The summed E-state index contributed by atoms with van der Waals surface area (Å²) in [6.45, 7) is 21.2. The molecule has 7 atom stereocenters. The molecule has 0 aromatic carbocycles. The average Bonchev–Trinajstić information content (AvgIpc) is 3.17. The Hall–Kier alpha value is -0.653. The van der Waals surface area contributed by atoms with Gasteiger partial charge >= 0.3 is 12.8 Å². The first-order chi connectivity index (χ1) is 17.4. The molecule has 3 rings (SSSR count). The molecule has 38 heavy (non-hydrogen) atoms. The number of aromatic nitrogens is 2. The number of hydrogen-bond donors (Lipinski definition) is 2. The molecular weight excluding hydrogens is 559 g/mol. The van der Waals surface area contributed by atoms with E-state index in [1.807, 2.05) is 0 Å². The molecule has 12 heteroatoms. The van der Waals surface area contributed by atoms with Crippen LogP contribution in [0.4, 0.5) is 0 Å². The lowest BCUT2D eigenvalue weighted by molar-refractivity contribution is -0.0401. The van der Waals surface area contributed by atoms with E-state index in [1.54, 1.807) is 6.92 Å². The van der Waals surface area contributed by atoms with E-state index in [-0.39, 0.29) is 15.9 Å². The van der Waals surface area contributed by atoms with Crippen molar-refractivity contribution in [1.82, 2.24) is 9.55 Å². The summed E-state index contributed by atoms with van der Waals surface area (Å²) in [4.78, 5) is 26.9. The van der Waals surface area contributed by atoms with Gasteiger partial charge in [-0.15, -0.1) is 9.05 Å². The largest absolute Gasteiger partial charge is 0.522 e. The number of rotatable bonds is 9. The van der Waals surface area contributed by atoms with Crippen LogP contribution in [0.25, 0.3) is 0 Å². The van der Waals surface area contributed by atoms with Gasteiger partial charge in [0.1, 0.15) is 24.5 Å². The van der Waals surface area contributed by atoms with Crippen LogP contribution in [0.15, 0.2) is 27.9 Å². The van der Waals surface area contributed by atoms with Gasteiger partial charge in [0.15, 0.2) is 8.32 Å². The van der Waals surface area contributed by atoms with Crippen LogP contribution in [0.5, 0.6) is 0 Å². The first-order valence-corrected chi connectivity index (χ1v) is 18.8. The Labute approximate surface area is 239 Å². The molecule has 1 aliphatic carbocycles. The number of nitrogens with one attached hydrogen (secondary N) is 1. The number of nitrogens with zero attached hydrogens (tertiary/aromatic N) is 1. The number of hydrogen-bond acceptors (Lipinski definition) is 8. The molecule has 1 aromatic rings. The van der Waals surface area contributed by atoms with Gasteiger partial charge in [0, 0.05) is 22.9 Å². The Morgan fingerprint density at radius 2 is 2.00 bits per heavy atom. The summed E-state index contributed by atoms with van der Waals surface area (Å²) in [5.74, 6) is 0.374. The second kappa shape index (κ2) is 12.1. The van der Waals surface area contributed by atoms with Crippen LogP contribution in [0.3, 0.4) is 0 Å². The molecule has 0 amide bonds. The molecule has 1 unspecified atom stereocenters. The predicted octanol–water partition coefficient (Wildman–Crippen LogP) is 5.76. The molecule has 0 radical (unpaired) electrons. The zero-order valence-electron chi connectivity index (χ0n) is 23.9. The van der Waals surface area contributed by atoms with E-state index in [0.717, 1.165) is 24.8 Å². The number of thiol groups is 1. The summed E-state index contributed by atoms with van der Waals surface area (Å²) in [6, 6.07) is 0. The van der Waals surface area contributed by atoms with Crippen LogP contribution < -0.4 is 11.2 Å². The van der Waals surface area contributed by atoms with E-state index in [4.69, 9.17) is 42.6 Å². The normalized spacial score (nSPS) is 30.9. The Balaban J connectivity index is 1.78. The van der Waals surface area contributed by atoms with Crippen LogP contribution in [-0.4, -0.2) is 47.5 Å². The monoisotopic (exact) mass is 603 g/mol. The van der Waals surface area contributed by atoms with Gasteiger partial charge in [-0.2, -0.15) is 12.6 Å². The molecule has 2 fully saturated rings. The van der Waals surface area contributed by atoms with Crippen molar-refractivity contribution in [2.75, 3.05) is 6.61 Å². The molecule has 8 nitrogen and oxygen atoms in total. The molecule has 0 spiro atoms. The van der Waals surface area contributed by atoms with E-state index in [9.17, 15) is 9.59 Å². The molecule has 1 aromatic heterocycles. The van der Waals surface area contributed by atoms with Gasteiger partial charge in [-0.05, 0) is 64.1 Å². The molecule has 1 saturated heterocycles. The summed E-state index contributed by atoms with van der Waals surface area (Å²) in [7, 11) is -3.74. The van der Waals surface area contributed by atoms with Gasteiger partial charge in [0.2, 0.25) is 11.8 Å². The highest BCUT2D eigenvalue weighted by molar-refractivity contribution is 8.00. The average molecular weight is 604 g/mol. The summed E-state index contributed by atoms with van der Waals surface area (Å²) in [5, 5.41) is 0.0277. The van der Waals surface area contributed by atoms with Gasteiger partial charge < -0.3 is 9.16 Å². The number of allylic oxidation sites excluding steroid dienone is 1. The molecule has 1 aliphatic heterocycles. The Morgan fingerprint density at radius 1 is 1.34 bits per heavy atom. The molecule has 2 heterocycles. The van der Waals surface area contributed by atoms with Gasteiger partial charge in [-0.1, -0.05) is 32.9 Å². The summed E-state index contributed by atoms with van der Waals surface area (Å²) < 4.78 is 26.6. The van der Waals surface area contributed by atoms with E-state index in [2.05, 4.69) is 59.3 Å². The Kier molecular flexibility index (Phi) is 10.1. The second-order valence-electron chi connectivity index (χ2n) is 12.6. The number of ether oxygens (including phenoxy) is 1. The quantitative estimate of drug-likeness (QED) is 0.160. The van der Waals surface area contributed by atoms with Gasteiger partial charge in [0.05, 0.1) is 6.61 Å². The maximum atomic E-state index is 12.6. The van der Waals surface area contributed by atoms with E-state index in [0.29, 0.717) is 24.5 Å². The first kappa shape index (κ1) is 31.9. The SMILES string of the molecule is C=C(C)[C@H]1CC[C@@](C)(S)[C@H](O[P+](=S)O[C@H]2C[C@H](n3cc(C)c(=O)[nH]c3=O)O[C@@H]2CO[Si](C)(C)C(C)(C)C)C1. The van der Waals surface area contributed by atoms with Crippen molar-refractivity contribution in [3.63, 3.8) is 0 Å². The molecule has 1 N–H and O–H groups in total. The second-order valence-corrected chi connectivity index (χ2v) is 20.1. The van der Waals surface area contributed by atoms with Crippen LogP contribution >= 0.6 is 19.8 Å².